The number of nitrogens with zero attached hydrogens (tertiary/aromatic N) is 3. The molecule has 3 rings (SSSR count). The monoisotopic (exact) mass is 517 g/mol. The van der Waals surface area contributed by atoms with Gasteiger partial charge in [0.25, 0.3) is 0 Å². The Labute approximate surface area is 204 Å². The van der Waals surface area contributed by atoms with Crippen LogP contribution < -0.4 is 4.90 Å². The third-order valence-corrected chi connectivity index (χ3v) is 5.43. The third kappa shape index (κ3) is 6.35. The highest BCUT2D eigenvalue weighted by molar-refractivity contribution is 6.42. The van der Waals surface area contributed by atoms with E-state index in [-0.39, 0.29) is 19.0 Å². The quantitative estimate of drug-likeness (QED) is 0.225. The second-order valence-corrected chi connectivity index (χ2v) is 7.86. The summed E-state index contributed by atoms with van der Waals surface area (Å²) in [6, 6.07) is 8.73. The second-order valence-electron chi connectivity index (χ2n) is 7.04. The molecule has 34 heavy (non-hydrogen) atoms. The fraction of sp³-hybridized carbons (Fsp3) is 0.304. The molecule has 0 radical (unpaired) electrons. The zero-order chi connectivity index (χ0) is 24.9. The Morgan fingerprint density at radius 3 is 2.26 bits per heavy atom. The SMILES string of the molecule is CCOC(OCC)N(c1cc(Cc2ccc(Cl)c(Cl)c2)ncn1)c1cc(C(F)(F)F)ccc1F. The Bertz CT molecular complexity index is 1130. The van der Waals surface area contributed by atoms with Crippen LogP contribution in [0.15, 0.2) is 48.8 Å². The van der Waals surface area contributed by atoms with E-state index >= 15 is 0 Å². The van der Waals surface area contributed by atoms with Crippen molar-refractivity contribution < 1.29 is 27.0 Å². The Balaban J connectivity index is 2.09. The molecule has 0 amide bonds. The molecule has 2 aromatic carbocycles. The van der Waals surface area contributed by atoms with Crippen LogP contribution in [0, 0.1) is 5.82 Å². The molecule has 0 atom stereocenters. The Kier molecular flexibility index (Phi) is 8.70. The smallest absolute Gasteiger partial charge is 0.335 e. The average molecular weight is 518 g/mol. The van der Waals surface area contributed by atoms with Gasteiger partial charge < -0.3 is 9.47 Å². The maximum Gasteiger partial charge on any atom is 0.416 e. The molecule has 0 saturated carbocycles. The average Bonchev–Trinajstić information content (AvgIpc) is 2.77. The normalized spacial score (nSPS) is 11.8. The molecule has 0 N–H and O–H groups in total. The van der Waals surface area contributed by atoms with E-state index < -0.39 is 29.7 Å². The highest BCUT2D eigenvalue weighted by Crippen LogP contribution is 2.36. The highest BCUT2D eigenvalue weighted by Gasteiger charge is 2.34. The molecule has 0 aliphatic heterocycles. The van der Waals surface area contributed by atoms with E-state index in [0.717, 1.165) is 16.5 Å². The second kappa shape index (κ2) is 11.3. The summed E-state index contributed by atoms with van der Waals surface area (Å²) in [5.74, 6) is -0.808. The maximum atomic E-state index is 14.9. The minimum atomic E-state index is -4.68. The largest absolute Gasteiger partial charge is 0.416 e. The molecule has 0 bridgehead atoms. The lowest BCUT2D eigenvalue weighted by molar-refractivity contribution is -0.138. The topological polar surface area (TPSA) is 47.5 Å². The number of hydrogen-bond acceptors (Lipinski definition) is 5. The molecule has 0 saturated heterocycles. The van der Waals surface area contributed by atoms with E-state index in [1.165, 1.54) is 12.4 Å². The van der Waals surface area contributed by atoms with Crippen LogP contribution in [0.2, 0.25) is 10.0 Å². The van der Waals surface area contributed by atoms with Crippen LogP contribution in [0.4, 0.5) is 29.1 Å². The zero-order valence-corrected chi connectivity index (χ0v) is 19.8. The van der Waals surface area contributed by atoms with Gasteiger partial charge >= 0.3 is 6.18 Å². The van der Waals surface area contributed by atoms with Crippen molar-refractivity contribution in [3.63, 3.8) is 0 Å². The molecule has 0 unspecified atom stereocenters. The summed E-state index contributed by atoms with van der Waals surface area (Å²) in [7, 11) is 0. The summed E-state index contributed by atoms with van der Waals surface area (Å²) >= 11 is 12.0. The van der Waals surface area contributed by atoms with Gasteiger partial charge in [-0.1, -0.05) is 29.3 Å². The van der Waals surface area contributed by atoms with Crippen LogP contribution in [0.25, 0.3) is 0 Å². The molecular formula is C23H21Cl2F4N3O2. The number of alkyl halides is 3. The lowest BCUT2D eigenvalue weighted by Crippen LogP contribution is -2.37. The van der Waals surface area contributed by atoms with Crippen molar-refractivity contribution in [1.29, 1.82) is 0 Å². The Morgan fingerprint density at radius 1 is 0.941 bits per heavy atom. The highest BCUT2D eigenvalue weighted by atomic mass is 35.5. The van der Waals surface area contributed by atoms with Crippen LogP contribution in [0.5, 0.6) is 0 Å². The molecular weight excluding hydrogens is 497 g/mol. The molecule has 1 heterocycles. The first-order valence-electron chi connectivity index (χ1n) is 10.3. The first-order chi connectivity index (χ1) is 16.1. The van der Waals surface area contributed by atoms with Crippen LogP contribution >= 0.6 is 23.2 Å². The first-order valence-corrected chi connectivity index (χ1v) is 11.0. The van der Waals surface area contributed by atoms with Crippen molar-refractivity contribution in [3.8, 4) is 0 Å². The van der Waals surface area contributed by atoms with Crippen molar-refractivity contribution >= 4 is 34.7 Å². The first kappa shape index (κ1) is 26.2. The Morgan fingerprint density at radius 2 is 1.65 bits per heavy atom. The molecule has 1 aromatic heterocycles. The molecule has 11 heteroatoms. The summed E-state index contributed by atoms with van der Waals surface area (Å²) < 4.78 is 66.2. The van der Waals surface area contributed by atoms with Crippen molar-refractivity contribution in [2.45, 2.75) is 32.9 Å². The van der Waals surface area contributed by atoms with Crippen molar-refractivity contribution in [2.24, 2.45) is 0 Å². The molecule has 0 aliphatic carbocycles. The molecule has 3 aromatic rings. The van der Waals surface area contributed by atoms with Gasteiger partial charge in [0.2, 0.25) is 6.41 Å². The van der Waals surface area contributed by atoms with Gasteiger partial charge in [-0.15, -0.1) is 0 Å². The van der Waals surface area contributed by atoms with E-state index in [9.17, 15) is 17.6 Å². The number of anilines is 2. The van der Waals surface area contributed by atoms with Gasteiger partial charge in [0.05, 0.1) is 27.0 Å². The molecule has 5 nitrogen and oxygen atoms in total. The lowest BCUT2D eigenvalue weighted by atomic mass is 10.1. The number of benzene rings is 2. The van der Waals surface area contributed by atoms with Crippen LogP contribution in [-0.4, -0.2) is 29.6 Å². The van der Waals surface area contributed by atoms with Gasteiger partial charge in [0.15, 0.2) is 0 Å². The van der Waals surface area contributed by atoms with Crippen molar-refractivity contribution in [1.82, 2.24) is 9.97 Å². The molecule has 0 aliphatic rings. The van der Waals surface area contributed by atoms with Gasteiger partial charge in [-0.05, 0) is 49.7 Å². The predicted octanol–water partition coefficient (Wildman–Crippen LogP) is 7.03. The van der Waals surface area contributed by atoms with Gasteiger partial charge in [0.1, 0.15) is 18.0 Å². The summed E-state index contributed by atoms with van der Waals surface area (Å²) in [5, 5.41) is 0.769. The van der Waals surface area contributed by atoms with Crippen molar-refractivity contribution in [3.05, 3.63) is 81.5 Å². The van der Waals surface area contributed by atoms with E-state index in [1.807, 2.05) is 0 Å². The molecule has 0 fully saturated rings. The minimum absolute atomic E-state index is 0.0928. The van der Waals surface area contributed by atoms with Crippen LogP contribution in [0.1, 0.15) is 30.7 Å². The molecule has 0 spiro atoms. The van der Waals surface area contributed by atoms with Crippen LogP contribution in [0.3, 0.4) is 0 Å². The Hall–Kier alpha value is -2.46. The van der Waals surface area contributed by atoms with E-state index in [4.69, 9.17) is 32.7 Å². The third-order valence-electron chi connectivity index (χ3n) is 4.69. The van der Waals surface area contributed by atoms with E-state index in [1.54, 1.807) is 32.0 Å². The summed E-state index contributed by atoms with van der Waals surface area (Å²) in [6.45, 7) is 3.68. The van der Waals surface area contributed by atoms with Gasteiger partial charge in [-0.25, -0.2) is 14.4 Å². The standard InChI is InChI=1S/C23H21Cl2F4N3O2/c1-3-33-22(34-4-2)32(20-11-15(23(27,28)29)6-8-19(20)26)21-12-16(30-13-31-21)9-14-5-7-17(24)18(25)10-14/h5-8,10-13,22H,3-4,9H2,1-2H3. The minimum Gasteiger partial charge on any atom is -0.335 e. The summed E-state index contributed by atoms with van der Waals surface area (Å²) in [4.78, 5) is 9.53. The van der Waals surface area contributed by atoms with Gasteiger partial charge in [-0.3, -0.25) is 4.90 Å². The van der Waals surface area contributed by atoms with Gasteiger partial charge in [-0.2, -0.15) is 13.2 Å². The number of aromatic nitrogens is 2. The number of hydrogen-bond donors (Lipinski definition) is 0. The van der Waals surface area contributed by atoms with Gasteiger partial charge in [0, 0.05) is 25.7 Å². The maximum absolute atomic E-state index is 14.9. The van der Waals surface area contributed by atoms with Crippen molar-refractivity contribution in [2.75, 3.05) is 18.1 Å². The predicted molar refractivity (Wildman–Crippen MR) is 122 cm³/mol. The number of halogens is 6. The fourth-order valence-corrected chi connectivity index (χ4v) is 3.49. The fourth-order valence-electron chi connectivity index (χ4n) is 3.17. The molecule has 182 valence electrons. The zero-order valence-electron chi connectivity index (χ0n) is 18.2. The van der Waals surface area contributed by atoms with E-state index in [0.29, 0.717) is 34.3 Å². The number of ether oxygens (including phenoxy) is 2. The lowest BCUT2D eigenvalue weighted by Gasteiger charge is -2.32. The summed E-state index contributed by atoms with van der Waals surface area (Å²) in [5.41, 5.74) is -0.124. The summed E-state index contributed by atoms with van der Waals surface area (Å²) in [6.07, 6.45) is -4.36. The number of rotatable bonds is 9. The van der Waals surface area contributed by atoms with Crippen LogP contribution in [-0.2, 0) is 22.1 Å². The van der Waals surface area contributed by atoms with E-state index in [2.05, 4.69) is 9.97 Å².